The Kier molecular flexibility index (Phi) is 2.30. The molecule has 0 saturated heterocycles. The van der Waals surface area contributed by atoms with Crippen molar-refractivity contribution >= 4 is 0 Å². The number of nitrogens with zero attached hydrogens (tertiary/aromatic N) is 4. The van der Waals surface area contributed by atoms with Crippen LogP contribution in [0.15, 0.2) is 30.6 Å². The van der Waals surface area contributed by atoms with Crippen LogP contribution < -0.4 is 0 Å². The molecular weight excluding hydrogens is 224 g/mol. The van der Waals surface area contributed by atoms with Gasteiger partial charge in [0, 0.05) is 11.6 Å². The summed E-state index contributed by atoms with van der Waals surface area (Å²) >= 11 is 0. The van der Waals surface area contributed by atoms with E-state index in [2.05, 4.69) is 48.3 Å². The monoisotopic (exact) mass is 242 g/mol. The Morgan fingerprint density at radius 1 is 1.22 bits per heavy atom. The zero-order valence-electron chi connectivity index (χ0n) is 11.1. The molecule has 1 aliphatic carbocycles. The first kappa shape index (κ1) is 11.4. The highest BCUT2D eigenvalue weighted by Crippen LogP contribution is 2.48. The highest BCUT2D eigenvalue weighted by atomic mass is 15.5. The van der Waals surface area contributed by atoms with Crippen molar-refractivity contribution in [3.8, 4) is 0 Å². The van der Waals surface area contributed by atoms with Gasteiger partial charge in [0.2, 0.25) is 0 Å². The van der Waals surface area contributed by atoms with E-state index in [9.17, 15) is 0 Å². The van der Waals surface area contributed by atoms with Crippen molar-refractivity contribution in [3.63, 3.8) is 0 Å². The van der Waals surface area contributed by atoms with Crippen LogP contribution in [0.4, 0.5) is 0 Å². The topological polar surface area (TPSA) is 43.6 Å². The molecule has 4 nitrogen and oxygen atoms in total. The first-order chi connectivity index (χ1) is 8.52. The van der Waals surface area contributed by atoms with Gasteiger partial charge < -0.3 is 0 Å². The molecule has 0 amide bonds. The van der Waals surface area contributed by atoms with Crippen LogP contribution in [-0.2, 0) is 11.0 Å². The molecule has 0 spiro atoms. The van der Waals surface area contributed by atoms with Crippen LogP contribution in [0.3, 0.4) is 0 Å². The summed E-state index contributed by atoms with van der Waals surface area (Å²) in [6.07, 6.45) is 6.10. The summed E-state index contributed by atoms with van der Waals surface area (Å²) in [6.45, 7) is 6.46. The first-order valence-electron chi connectivity index (χ1n) is 6.37. The van der Waals surface area contributed by atoms with Crippen molar-refractivity contribution < 1.29 is 0 Å². The quantitative estimate of drug-likeness (QED) is 0.812. The fourth-order valence-electron chi connectivity index (χ4n) is 2.18. The first-order valence-corrected chi connectivity index (χ1v) is 6.37. The van der Waals surface area contributed by atoms with Crippen LogP contribution >= 0.6 is 0 Å². The highest BCUT2D eigenvalue weighted by Gasteiger charge is 2.49. The largest absolute Gasteiger partial charge is 0.259 e. The lowest BCUT2D eigenvalue weighted by atomic mass is 9.93. The van der Waals surface area contributed by atoms with Crippen molar-refractivity contribution in [2.24, 2.45) is 0 Å². The molecule has 0 N–H and O–H groups in total. The van der Waals surface area contributed by atoms with Gasteiger partial charge in [-0.3, -0.25) is 4.98 Å². The van der Waals surface area contributed by atoms with Gasteiger partial charge in [0.15, 0.2) is 0 Å². The molecule has 1 saturated carbocycles. The number of pyridine rings is 1. The van der Waals surface area contributed by atoms with Crippen LogP contribution in [-0.4, -0.2) is 20.0 Å². The molecule has 0 radical (unpaired) electrons. The van der Waals surface area contributed by atoms with Crippen molar-refractivity contribution in [3.05, 3.63) is 42.0 Å². The Hall–Kier alpha value is -1.71. The maximum absolute atomic E-state index is 4.47. The Balaban J connectivity index is 1.99. The van der Waals surface area contributed by atoms with E-state index in [4.69, 9.17) is 0 Å². The van der Waals surface area contributed by atoms with Gasteiger partial charge in [-0.25, -0.2) is 4.68 Å². The number of hydrogen-bond donors (Lipinski definition) is 0. The zero-order valence-corrected chi connectivity index (χ0v) is 11.1. The van der Waals surface area contributed by atoms with Gasteiger partial charge in [-0.15, -0.1) is 5.10 Å². The van der Waals surface area contributed by atoms with Crippen LogP contribution in [0.5, 0.6) is 0 Å². The van der Waals surface area contributed by atoms with Gasteiger partial charge in [0.05, 0.1) is 17.6 Å². The van der Waals surface area contributed by atoms with Gasteiger partial charge in [-0.1, -0.05) is 32.1 Å². The van der Waals surface area contributed by atoms with E-state index in [0.29, 0.717) is 0 Å². The second kappa shape index (κ2) is 3.64. The molecule has 4 heteroatoms. The molecular formula is C14H18N4. The van der Waals surface area contributed by atoms with E-state index in [-0.39, 0.29) is 11.0 Å². The van der Waals surface area contributed by atoms with E-state index in [1.165, 1.54) is 0 Å². The van der Waals surface area contributed by atoms with Gasteiger partial charge in [0.1, 0.15) is 5.54 Å². The summed E-state index contributed by atoms with van der Waals surface area (Å²) < 4.78 is 2.00. The summed E-state index contributed by atoms with van der Waals surface area (Å²) in [5.41, 5.74) is 2.12. The van der Waals surface area contributed by atoms with Gasteiger partial charge >= 0.3 is 0 Å². The normalized spacial score (nSPS) is 17.7. The minimum absolute atomic E-state index is 0.0401. The second-order valence-electron chi connectivity index (χ2n) is 6.04. The minimum atomic E-state index is -0.0439. The molecule has 2 heterocycles. The lowest BCUT2D eigenvalue weighted by Crippen LogP contribution is -2.20. The minimum Gasteiger partial charge on any atom is -0.259 e. The SMILES string of the molecule is CC(C)(C)c1cn(C2(c3ccccn3)CC2)nn1. The molecule has 94 valence electrons. The molecule has 1 fully saturated rings. The summed E-state index contributed by atoms with van der Waals surface area (Å²) in [5, 5.41) is 8.62. The average molecular weight is 242 g/mol. The van der Waals surface area contributed by atoms with Gasteiger partial charge in [-0.2, -0.15) is 0 Å². The predicted molar refractivity (Wildman–Crippen MR) is 69.3 cm³/mol. The van der Waals surface area contributed by atoms with E-state index >= 15 is 0 Å². The number of hydrogen-bond acceptors (Lipinski definition) is 3. The fourth-order valence-corrected chi connectivity index (χ4v) is 2.18. The van der Waals surface area contributed by atoms with Crippen molar-refractivity contribution in [1.82, 2.24) is 20.0 Å². The Morgan fingerprint density at radius 3 is 2.50 bits per heavy atom. The third-order valence-electron chi connectivity index (χ3n) is 3.57. The Labute approximate surface area is 107 Å². The van der Waals surface area contributed by atoms with Crippen LogP contribution in [0.2, 0.25) is 0 Å². The Bertz CT molecular complexity index is 547. The van der Waals surface area contributed by atoms with Crippen molar-refractivity contribution in [2.75, 3.05) is 0 Å². The summed E-state index contributed by atoms with van der Waals surface area (Å²) in [6, 6.07) is 6.05. The smallest absolute Gasteiger partial charge is 0.106 e. The lowest BCUT2D eigenvalue weighted by Gasteiger charge is -2.15. The van der Waals surface area contributed by atoms with Crippen LogP contribution in [0.1, 0.15) is 45.0 Å². The standard InChI is InChI=1S/C14H18N4/c1-13(2,3)12-10-18(17-16-12)14(7-8-14)11-6-4-5-9-15-11/h4-6,9-10H,7-8H2,1-3H3. The molecule has 3 rings (SSSR count). The lowest BCUT2D eigenvalue weighted by molar-refractivity contribution is 0.479. The second-order valence-corrected chi connectivity index (χ2v) is 6.04. The summed E-state index contributed by atoms with van der Waals surface area (Å²) in [5.74, 6) is 0. The number of aromatic nitrogens is 4. The van der Waals surface area contributed by atoms with Crippen LogP contribution in [0, 0.1) is 0 Å². The van der Waals surface area contributed by atoms with Gasteiger partial charge in [0.25, 0.3) is 0 Å². The van der Waals surface area contributed by atoms with E-state index in [1.54, 1.807) is 0 Å². The molecule has 1 aliphatic rings. The van der Waals surface area contributed by atoms with Crippen molar-refractivity contribution in [1.29, 1.82) is 0 Å². The molecule has 18 heavy (non-hydrogen) atoms. The predicted octanol–water partition coefficient (Wildman–Crippen LogP) is 2.51. The molecule has 2 aromatic rings. The molecule has 0 atom stereocenters. The maximum Gasteiger partial charge on any atom is 0.106 e. The van der Waals surface area contributed by atoms with E-state index in [1.807, 2.05) is 23.0 Å². The summed E-state index contributed by atoms with van der Waals surface area (Å²) in [4.78, 5) is 4.47. The fraction of sp³-hybridized carbons (Fsp3) is 0.500. The molecule has 2 aromatic heterocycles. The van der Waals surface area contributed by atoms with E-state index < -0.39 is 0 Å². The maximum atomic E-state index is 4.47. The van der Waals surface area contributed by atoms with Crippen molar-refractivity contribution in [2.45, 2.75) is 44.6 Å². The van der Waals surface area contributed by atoms with Crippen LogP contribution in [0.25, 0.3) is 0 Å². The average Bonchev–Trinajstić information content (AvgIpc) is 2.99. The molecule has 0 aromatic carbocycles. The third-order valence-corrected chi connectivity index (χ3v) is 3.57. The molecule has 0 aliphatic heterocycles. The third kappa shape index (κ3) is 1.72. The van der Waals surface area contributed by atoms with E-state index in [0.717, 1.165) is 24.2 Å². The van der Waals surface area contributed by atoms with Gasteiger partial charge in [-0.05, 0) is 25.0 Å². The Morgan fingerprint density at radius 2 is 2.00 bits per heavy atom. The summed E-state index contributed by atoms with van der Waals surface area (Å²) in [7, 11) is 0. The number of rotatable bonds is 2. The molecule has 0 bridgehead atoms. The zero-order chi connectivity index (χ0) is 12.8. The highest BCUT2D eigenvalue weighted by molar-refractivity contribution is 5.25. The molecule has 0 unspecified atom stereocenters.